The van der Waals surface area contributed by atoms with Gasteiger partial charge < -0.3 is 9.47 Å². The highest BCUT2D eigenvalue weighted by Crippen LogP contribution is 2.38. The monoisotopic (exact) mass is 272 g/mol. The predicted octanol–water partition coefficient (Wildman–Crippen LogP) is 2.75. The van der Waals surface area contributed by atoms with Crippen LogP contribution in [0.3, 0.4) is 0 Å². The number of aryl methyl sites for hydroxylation is 1. The average Bonchev–Trinajstić information content (AvgIpc) is 2.84. The molecule has 0 amide bonds. The predicted molar refractivity (Wildman–Crippen MR) is 72.5 cm³/mol. The summed E-state index contributed by atoms with van der Waals surface area (Å²) in [4.78, 5) is 24.1. The van der Waals surface area contributed by atoms with Crippen molar-refractivity contribution in [3.63, 3.8) is 0 Å². The van der Waals surface area contributed by atoms with Crippen LogP contribution in [0.5, 0.6) is 0 Å². The molecule has 1 aliphatic heterocycles. The van der Waals surface area contributed by atoms with Gasteiger partial charge in [-0.3, -0.25) is 0 Å². The number of carbonyl (C=O) groups is 2. The summed E-state index contributed by atoms with van der Waals surface area (Å²) in [6, 6.07) is 7.54. The molecule has 4 nitrogen and oxygen atoms in total. The average molecular weight is 272 g/mol. The van der Waals surface area contributed by atoms with Crippen LogP contribution in [0, 0.1) is 6.92 Å². The molecule has 4 heteroatoms. The van der Waals surface area contributed by atoms with E-state index in [1.165, 1.54) is 6.08 Å². The molecular formula is C16H16O4. The third-order valence-corrected chi connectivity index (χ3v) is 3.75. The van der Waals surface area contributed by atoms with Crippen LogP contribution in [0.1, 0.15) is 36.8 Å². The van der Waals surface area contributed by atoms with Crippen LogP contribution in [0.4, 0.5) is 0 Å². The minimum atomic E-state index is -1.00. The summed E-state index contributed by atoms with van der Waals surface area (Å²) < 4.78 is 10.7. The minimum Gasteiger partial charge on any atom is -0.419 e. The van der Waals surface area contributed by atoms with Crippen LogP contribution in [-0.2, 0) is 19.1 Å². The molecule has 1 saturated heterocycles. The minimum absolute atomic E-state index is 0.0358. The van der Waals surface area contributed by atoms with Crippen molar-refractivity contribution >= 4 is 18.0 Å². The highest BCUT2D eigenvalue weighted by atomic mass is 16.7. The molecule has 1 spiro atoms. The summed E-state index contributed by atoms with van der Waals surface area (Å²) in [5.74, 6) is -2.16. The van der Waals surface area contributed by atoms with Gasteiger partial charge in [-0.25, -0.2) is 9.59 Å². The van der Waals surface area contributed by atoms with Gasteiger partial charge in [0.25, 0.3) is 5.79 Å². The Morgan fingerprint density at radius 2 is 1.55 bits per heavy atom. The standard InChI is InChI=1S/C16H16O4/c1-11-4-6-12(7-5-11)10-13-14(17)19-16(20-15(13)18)8-2-3-9-16/h4-7,10H,2-3,8-9H2,1H3. The molecule has 2 aliphatic rings. The fourth-order valence-electron chi connectivity index (χ4n) is 2.62. The van der Waals surface area contributed by atoms with Gasteiger partial charge in [-0.1, -0.05) is 29.8 Å². The van der Waals surface area contributed by atoms with Crippen LogP contribution in [0.2, 0.25) is 0 Å². The Morgan fingerprint density at radius 3 is 2.10 bits per heavy atom. The van der Waals surface area contributed by atoms with E-state index in [0.29, 0.717) is 12.8 Å². The highest BCUT2D eigenvalue weighted by molar-refractivity contribution is 6.18. The zero-order valence-electron chi connectivity index (χ0n) is 11.3. The molecule has 0 N–H and O–H groups in total. The molecule has 3 rings (SSSR count). The molecule has 1 aliphatic carbocycles. The summed E-state index contributed by atoms with van der Waals surface area (Å²) in [6.45, 7) is 1.98. The van der Waals surface area contributed by atoms with Crippen molar-refractivity contribution in [2.24, 2.45) is 0 Å². The number of carbonyl (C=O) groups excluding carboxylic acids is 2. The number of rotatable bonds is 1. The fourth-order valence-corrected chi connectivity index (χ4v) is 2.62. The molecule has 0 atom stereocenters. The smallest absolute Gasteiger partial charge is 0.348 e. The zero-order chi connectivity index (χ0) is 14.2. The van der Waals surface area contributed by atoms with Crippen molar-refractivity contribution in [3.8, 4) is 0 Å². The second-order valence-electron chi connectivity index (χ2n) is 5.37. The quantitative estimate of drug-likeness (QED) is 0.448. The van der Waals surface area contributed by atoms with E-state index in [9.17, 15) is 9.59 Å². The number of ether oxygens (including phenoxy) is 2. The molecule has 1 saturated carbocycles. The maximum Gasteiger partial charge on any atom is 0.348 e. The van der Waals surface area contributed by atoms with Gasteiger partial charge in [-0.2, -0.15) is 0 Å². The molecule has 1 aromatic carbocycles. The van der Waals surface area contributed by atoms with Crippen molar-refractivity contribution in [3.05, 3.63) is 41.0 Å². The van der Waals surface area contributed by atoms with Gasteiger partial charge in [0.1, 0.15) is 5.57 Å². The van der Waals surface area contributed by atoms with Crippen molar-refractivity contribution < 1.29 is 19.1 Å². The van der Waals surface area contributed by atoms with E-state index < -0.39 is 17.7 Å². The maximum absolute atomic E-state index is 12.0. The lowest BCUT2D eigenvalue weighted by molar-refractivity contribution is -0.232. The van der Waals surface area contributed by atoms with Gasteiger partial charge in [0.2, 0.25) is 0 Å². The first-order valence-corrected chi connectivity index (χ1v) is 6.83. The molecule has 1 aromatic rings. The Balaban J connectivity index is 1.86. The molecule has 104 valence electrons. The molecule has 0 aromatic heterocycles. The highest BCUT2D eigenvalue weighted by Gasteiger charge is 2.47. The summed E-state index contributed by atoms with van der Waals surface area (Å²) in [5, 5.41) is 0. The van der Waals surface area contributed by atoms with E-state index in [1.54, 1.807) is 0 Å². The van der Waals surface area contributed by atoms with E-state index in [-0.39, 0.29) is 5.57 Å². The van der Waals surface area contributed by atoms with Gasteiger partial charge in [-0.05, 0) is 31.4 Å². The molecule has 1 heterocycles. The van der Waals surface area contributed by atoms with Gasteiger partial charge in [0, 0.05) is 12.8 Å². The molecule has 20 heavy (non-hydrogen) atoms. The molecule has 0 bridgehead atoms. The maximum atomic E-state index is 12.0. The first-order valence-electron chi connectivity index (χ1n) is 6.83. The topological polar surface area (TPSA) is 52.6 Å². The van der Waals surface area contributed by atoms with Crippen molar-refractivity contribution in [1.82, 2.24) is 0 Å². The Morgan fingerprint density at radius 1 is 1.00 bits per heavy atom. The lowest BCUT2D eigenvalue weighted by atomic mass is 10.1. The van der Waals surface area contributed by atoms with E-state index in [2.05, 4.69) is 0 Å². The van der Waals surface area contributed by atoms with Crippen LogP contribution in [-0.4, -0.2) is 17.7 Å². The summed E-state index contributed by atoms with van der Waals surface area (Å²) in [5.41, 5.74) is 1.86. The molecular weight excluding hydrogens is 256 g/mol. The van der Waals surface area contributed by atoms with Crippen molar-refractivity contribution in [2.75, 3.05) is 0 Å². The third kappa shape index (κ3) is 2.33. The normalized spacial score (nSPS) is 20.8. The van der Waals surface area contributed by atoms with Gasteiger partial charge in [0.05, 0.1) is 0 Å². The van der Waals surface area contributed by atoms with Crippen LogP contribution in [0.15, 0.2) is 29.8 Å². The van der Waals surface area contributed by atoms with Crippen LogP contribution < -0.4 is 0 Å². The lowest BCUT2D eigenvalue weighted by Crippen LogP contribution is -2.44. The van der Waals surface area contributed by atoms with Gasteiger partial charge >= 0.3 is 11.9 Å². The summed E-state index contributed by atoms with van der Waals surface area (Å²) in [7, 11) is 0. The van der Waals surface area contributed by atoms with Crippen molar-refractivity contribution in [2.45, 2.75) is 38.4 Å². The third-order valence-electron chi connectivity index (χ3n) is 3.75. The van der Waals surface area contributed by atoms with Gasteiger partial charge in [0.15, 0.2) is 0 Å². The number of benzene rings is 1. The molecule has 0 radical (unpaired) electrons. The Kier molecular flexibility index (Phi) is 3.08. The van der Waals surface area contributed by atoms with E-state index >= 15 is 0 Å². The zero-order valence-corrected chi connectivity index (χ0v) is 11.3. The van der Waals surface area contributed by atoms with Crippen LogP contribution in [0.25, 0.3) is 6.08 Å². The van der Waals surface area contributed by atoms with E-state index in [0.717, 1.165) is 24.0 Å². The molecule has 0 unspecified atom stereocenters. The summed E-state index contributed by atoms with van der Waals surface area (Å²) in [6.07, 6.45) is 4.55. The lowest BCUT2D eigenvalue weighted by Gasteiger charge is -2.32. The summed E-state index contributed by atoms with van der Waals surface area (Å²) >= 11 is 0. The second-order valence-corrected chi connectivity index (χ2v) is 5.37. The van der Waals surface area contributed by atoms with E-state index in [1.807, 2.05) is 31.2 Å². The Bertz CT molecular complexity index is 555. The first-order chi connectivity index (χ1) is 9.58. The Labute approximate surface area is 117 Å². The van der Waals surface area contributed by atoms with Gasteiger partial charge in [-0.15, -0.1) is 0 Å². The number of esters is 2. The first kappa shape index (κ1) is 12.9. The SMILES string of the molecule is Cc1ccc(C=C2C(=O)OC3(CCCC3)OC2=O)cc1. The Hall–Kier alpha value is -2.10. The fraction of sp³-hybridized carbons (Fsp3) is 0.375. The molecule has 2 fully saturated rings. The second kappa shape index (κ2) is 4.78. The van der Waals surface area contributed by atoms with Crippen molar-refractivity contribution in [1.29, 1.82) is 0 Å². The van der Waals surface area contributed by atoms with Crippen LogP contribution >= 0.6 is 0 Å². The largest absolute Gasteiger partial charge is 0.419 e. The number of hydrogen-bond acceptors (Lipinski definition) is 4. The van der Waals surface area contributed by atoms with E-state index in [4.69, 9.17) is 9.47 Å². The number of hydrogen-bond donors (Lipinski definition) is 0.